The lowest BCUT2D eigenvalue weighted by molar-refractivity contribution is 0.598. The number of anilines is 2. The number of benzene rings is 2. The molecule has 5 nitrogen and oxygen atoms in total. The molecule has 0 aliphatic carbocycles. The summed E-state index contributed by atoms with van der Waals surface area (Å²) in [5.41, 5.74) is 4.38. The molecule has 146 valence electrons. The van der Waals surface area contributed by atoms with Crippen LogP contribution in [0.5, 0.6) is 0 Å². The summed E-state index contributed by atoms with van der Waals surface area (Å²) in [5.74, 6) is 0.400. The number of pyridine rings is 1. The van der Waals surface area contributed by atoms with Crippen LogP contribution in [0.3, 0.4) is 0 Å². The van der Waals surface area contributed by atoms with E-state index in [9.17, 15) is 8.42 Å². The predicted octanol–water partition coefficient (Wildman–Crippen LogP) is 4.38. The van der Waals surface area contributed by atoms with Crippen LogP contribution in [0.15, 0.2) is 72.9 Å². The van der Waals surface area contributed by atoms with Crippen LogP contribution >= 0.6 is 0 Å². The number of hydrogen-bond donors (Lipinski definition) is 2. The number of aryl methyl sites for hydroxylation is 2. The van der Waals surface area contributed by atoms with Gasteiger partial charge in [0.25, 0.3) is 0 Å². The Morgan fingerprint density at radius 1 is 0.893 bits per heavy atom. The van der Waals surface area contributed by atoms with Gasteiger partial charge in [-0.1, -0.05) is 60.2 Å². The van der Waals surface area contributed by atoms with E-state index in [1.54, 1.807) is 12.3 Å². The van der Waals surface area contributed by atoms with Gasteiger partial charge < -0.3 is 5.32 Å². The molecule has 0 radical (unpaired) electrons. The number of nitrogens with one attached hydrogen (secondary N) is 2. The highest BCUT2D eigenvalue weighted by molar-refractivity contribution is 7.92. The van der Waals surface area contributed by atoms with E-state index in [0.717, 1.165) is 17.7 Å². The van der Waals surface area contributed by atoms with Gasteiger partial charge in [-0.05, 0) is 43.0 Å². The molecule has 0 aliphatic heterocycles. The van der Waals surface area contributed by atoms with Gasteiger partial charge in [-0.3, -0.25) is 4.72 Å². The first kappa shape index (κ1) is 19.9. The molecule has 0 saturated heterocycles. The predicted molar refractivity (Wildman–Crippen MR) is 115 cm³/mol. The van der Waals surface area contributed by atoms with E-state index in [1.165, 1.54) is 11.1 Å². The Bertz CT molecular complexity index is 971. The molecule has 6 heteroatoms. The Morgan fingerprint density at radius 3 is 2.32 bits per heavy atom. The number of nitrogens with zero attached hydrogens (tertiary/aromatic N) is 1. The van der Waals surface area contributed by atoms with Gasteiger partial charge in [0.1, 0.15) is 5.82 Å². The van der Waals surface area contributed by atoms with Crippen molar-refractivity contribution in [1.29, 1.82) is 0 Å². The van der Waals surface area contributed by atoms with Crippen LogP contribution in [-0.2, 0) is 23.0 Å². The van der Waals surface area contributed by atoms with Crippen LogP contribution in [0.1, 0.15) is 23.1 Å². The SMILES string of the molecule is Cc1ccc(CNc2ccc(NS(=O)(=O)CCCc3ccccc3)nc2)cc1. The average Bonchev–Trinajstić information content (AvgIpc) is 2.69. The zero-order chi connectivity index (χ0) is 19.8. The topological polar surface area (TPSA) is 71.1 Å². The Hall–Kier alpha value is -2.86. The van der Waals surface area contributed by atoms with Crippen LogP contribution in [0.4, 0.5) is 11.5 Å². The van der Waals surface area contributed by atoms with Crippen LogP contribution < -0.4 is 10.0 Å². The summed E-state index contributed by atoms with van der Waals surface area (Å²) < 4.78 is 27.0. The first-order valence-corrected chi connectivity index (χ1v) is 11.0. The molecule has 0 bridgehead atoms. The van der Waals surface area contributed by atoms with Crippen molar-refractivity contribution < 1.29 is 8.42 Å². The minimum atomic E-state index is -3.41. The molecule has 0 fully saturated rings. The zero-order valence-electron chi connectivity index (χ0n) is 15.9. The summed E-state index contributed by atoms with van der Waals surface area (Å²) >= 11 is 0. The number of sulfonamides is 1. The van der Waals surface area contributed by atoms with Crippen molar-refractivity contribution in [2.75, 3.05) is 15.8 Å². The Morgan fingerprint density at radius 2 is 1.64 bits per heavy atom. The van der Waals surface area contributed by atoms with E-state index in [4.69, 9.17) is 0 Å². The maximum atomic E-state index is 12.2. The van der Waals surface area contributed by atoms with Crippen molar-refractivity contribution in [3.05, 3.63) is 89.6 Å². The fourth-order valence-corrected chi connectivity index (χ4v) is 3.86. The molecule has 0 aliphatic rings. The standard InChI is InChI=1S/C22H25N3O2S/c1-18-9-11-20(12-10-18)16-23-21-13-14-22(24-17-21)25-28(26,27)15-5-8-19-6-3-2-4-7-19/h2-4,6-7,9-14,17,23H,5,8,15-16H2,1H3,(H,24,25). The molecule has 0 amide bonds. The Balaban J connectivity index is 1.47. The fourth-order valence-electron chi connectivity index (χ4n) is 2.79. The molecule has 0 spiro atoms. The van der Waals surface area contributed by atoms with Crippen molar-refractivity contribution in [3.8, 4) is 0 Å². The van der Waals surface area contributed by atoms with Crippen molar-refractivity contribution in [1.82, 2.24) is 4.98 Å². The first-order chi connectivity index (χ1) is 13.5. The quantitative estimate of drug-likeness (QED) is 0.564. The molecule has 1 aromatic heterocycles. The molecule has 1 heterocycles. The van der Waals surface area contributed by atoms with Crippen LogP contribution in [-0.4, -0.2) is 19.2 Å². The third-order valence-corrected chi connectivity index (χ3v) is 5.71. The van der Waals surface area contributed by atoms with Crippen molar-refractivity contribution >= 4 is 21.5 Å². The second-order valence-corrected chi connectivity index (χ2v) is 8.62. The molecule has 28 heavy (non-hydrogen) atoms. The van der Waals surface area contributed by atoms with Crippen LogP contribution in [0.2, 0.25) is 0 Å². The van der Waals surface area contributed by atoms with Crippen LogP contribution in [0.25, 0.3) is 0 Å². The first-order valence-electron chi connectivity index (χ1n) is 9.30. The van der Waals surface area contributed by atoms with Gasteiger partial charge in [-0.15, -0.1) is 0 Å². The molecule has 3 aromatic rings. The fraction of sp³-hybridized carbons (Fsp3) is 0.227. The Labute approximate surface area is 166 Å². The van der Waals surface area contributed by atoms with E-state index < -0.39 is 10.0 Å². The molecule has 2 aromatic carbocycles. The summed E-state index contributed by atoms with van der Waals surface area (Å²) in [6, 6.07) is 21.7. The molecular weight excluding hydrogens is 370 g/mol. The second kappa shape index (κ2) is 9.37. The van der Waals surface area contributed by atoms with Gasteiger partial charge >= 0.3 is 0 Å². The molecular formula is C22H25N3O2S. The van der Waals surface area contributed by atoms with E-state index >= 15 is 0 Å². The lowest BCUT2D eigenvalue weighted by atomic mass is 10.1. The average molecular weight is 396 g/mol. The van der Waals surface area contributed by atoms with E-state index in [1.807, 2.05) is 36.4 Å². The monoisotopic (exact) mass is 395 g/mol. The number of hydrogen-bond acceptors (Lipinski definition) is 4. The van der Waals surface area contributed by atoms with Crippen molar-refractivity contribution in [2.45, 2.75) is 26.3 Å². The largest absolute Gasteiger partial charge is 0.380 e. The van der Waals surface area contributed by atoms with E-state index in [0.29, 0.717) is 18.8 Å². The van der Waals surface area contributed by atoms with Gasteiger partial charge in [-0.2, -0.15) is 0 Å². The Kier molecular flexibility index (Phi) is 6.66. The van der Waals surface area contributed by atoms with Crippen LogP contribution in [0, 0.1) is 6.92 Å². The minimum Gasteiger partial charge on any atom is -0.380 e. The lowest BCUT2D eigenvalue weighted by Crippen LogP contribution is -2.18. The molecule has 3 rings (SSSR count). The highest BCUT2D eigenvalue weighted by Gasteiger charge is 2.11. The molecule has 0 atom stereocenters. The molecule has 0 unspecified atom stereocenters. The maximum absolute atomic E-state index is 12.2. The van der Waals surface area contributed by atoms with Gasteiger partial charge in [0.15, 0.2) is 0 Å². The minimum absolute atomic E-state index is 0.0665. The zero-order valence-corrected chi connectivity index (χ0v) is 16.7. The van der Waals surface area contributed by atoms with Crippen molar-refractivity contribution in [3.63, 3.8) is 0 Å². The summed E-state index contributed by atoms with van der Waals surface area (Å²) in [6.07, 6.45) is 2.93. The molecule has 2 N–H and O–H groups in total. The maximum Gasteiger partial charge on any atom is 0.233 e. The van der Waals surface area contributed by atoms with Crippen molar-refractivity contribution in [2.24, 2.45) is 0 Å². The summed E-state index contributed by atoms with van der Waals surface area (Å²) in [4.78, 5) is 4.20. The van der Waals surface area contributed by atoms with E-state index in [-0.39, 0.29) is 5.75 Å². The van der Waals surface area contributed by atoms with E-state index in [2.05, 4.69) is 46.2 Å². The summed E-state index contributed by atoms with van der Waals surface area (Å²) in [6.45, 7) is 2.75. The summed E-state index contributed by atoms with van der Waals surface area (Å²) in [5, 5.41) is 3.28. The van der Waals surface area contributed by atoms with Gasteiger partial charge in [-0.25, -0.2) is 13.4 Å². The second-order valence-electron chi connectivity index (χ2n) is 6.78. The lowest BCUT2D eigenvalue weighted by Gasteiger charge is -2.09. The highest BCUT2D eigenvalue weighted by Crippen LogP contribution is 2.14. The van der Waals surface area contributed by atoms with Gasteiger partial charge in [0, 0.05) is 6.54 Å². The van der Waals surface area contributed by atoms with Gasteiger partial charge in [0.2, 0.25) is 10.0 Å². The highest BCUT2D eigenvalue weighted by atomic mass is 32.2. The summed E-state index contributed by atoms with van der Waals surface area (Å²) in [7, 11) is -3.41. The number of rotatable bonds is 9. The number of aromatic nitrogens is 1. The normalized spacial score (nSPS) is 11.2. The van der Waals surface area contributed by atoms with Gasteiger partial charge in [0.05, 0.1) is 17.6 Å². The molecule has 0 saturated carbocycles. The smallest absolute Gasteiger partial charge is 0.233 e. The third-order valence-electron chi connectivity index (χ3n) is 4.36. The third kappa shape index (κ3) is 6.39.